The number of pyridine rings is 1. The molecule has 1 heterocycles. The summed E-state index contributed by atoms with van der Waals surface area (Å²) in [6.45, 7) is 2.44. The summed E-state index contributed by atoms with van der Waals surface area (Å²) in [7, 11) is 0. The van der Waals surface area contributed by atoms with Crippen molar-refractivity contribution in [1.82, 2.24) is 10.3 Å². The maximum atomic E-state index is 12.2. The van der Waals surface area contributed by atoms with Crippen LogP contribution in [0.25, 0.3) is 0 Å². The van der Waals surface area contributed by atoms with Gasteiger partial charge in [0.05, 0.1) is 0 Å². The van der Waals surface area contributed by atoms with E-state index in [0.29, 0.717) is 12.5 Å². The summed E-state index contributed by atoms with van der Waals surface area (Å²) in [5.41, 5.74) is 3.91. The number of carbonyl (C=O) groups is 1. The van der Waals surface area contributed by atoms with E-state index >= 15 is 0 Å². The molecule has 118 valence electrons. The minimum absolute atomic E-state index is 0.192. The van der Waals surface area contributed by atoms with Gasteiger partial charge in [-0.05, 0) is 43.2 Å². The zero-order chi connectivity index (χ0) is 16.0. The molecule has 2 aromatic rings. The molecule has 2 atom stereocenters. The number of fused-ring (bicyclic) bond motifs is 2. The lowest BCUT2D eigenvalue weighted by molar-refractivity contribution is 0.0949. The molecule has 4 heteroatoms. The monoisotopic (exact) mass is 308 g/mol. The van der Waals surface area contributed by atoms with E-state index in [4.69, 9.17) is 0 Å². The largest absolute Gasteiger partial charge is 0.364 e. The van der Waals surface area contributed by atoms with E-state index in [2.05, 4.69) is 34.6 Å². The summed E-state index contributed by atoms with van der Waals surface area (Å²) >= 11 is 0. The number of hydrogen-bond donors (Lipinski definition) is 2. The number of benzene rings is 1. The lowest BCUT2D eigenvalue weighted by Crippen LogP contribution is -2.31. The summed E-state index contributed by atoms with van der Waals surface area (Å²) in [5.74, 6) is 0.208. The third kappa shape index (κ3) is 2.29. The zero-order valence-corrected chi connectivity index (χ0v) is 13.2. The van der Waals surface area contributed by atoms with E-state index < -0.39 is 0 Å². The fourth-order valence-corrected chi connectivity index (χ4v) is 4.06. The van der Waals surface area contributed by atoms with Gasteiger partial charge in [0.2, 0.25) is 0 Å². The Bertz CT molecular complexity index is 839. The second-order valence-electron chi connectivity index (χ2n) is 6.82. The number of H-pyrrole nitrogens is 1. The number of aromatic amines is 1. The molecule has 0 unspecified atom stereocenters. The van der Waals surface area contributed by atoms with Gasteiger partial charge in [0.25, 0.3) is 5.91 Å². The van der Waals surface area contributed by atoms with Crippen LogP contribution in [0.1, 0.15) is 40.0 Å². The van der Waals surface area contributed by atoms with Gasteiger partial charge in [0.15, 0.2) is 5.43 Å². The van der Waals surface area contributed by atoms with Crippen molar-refractivity contribution in [2.24, 2.45) is 5.92 Å². The SMILES string of the molecule is Cc1cc(=O)c(C(=O)NC[C@H]2C[C@@]23CCc2ccccc23)c[nH]1. The van der Waals surface area contributed by atoms with Gasteiger partial charge in [-0.2, -0.15) is 0 Å². The fourth-order valence-electron chi connectivity index (χ4n) is 4.06. The second kappa shape index (κ2) is 5.08. The highest BCUT2D eigenvalue weighted by atomic mass is 16.2. The second-order valence-corrected chi connectivity index (χ2v) is 6.82. The first-order valence-electron chi connectivity index (χ1n) is 8.16. The third-order valence-corrected chi connectivity index (χ3v) is 5.44. The molecule has 23 heavy (non-hydrogen) atoms. The fraction of sp³-hybridized carbons (Fsp3) is 0.368. The summed E-state index contributed by atoms with van der Waals surface area (Å²) in [4.78, 5) is 27.0. The van der Waals surface area contributed by atoms with Gasteiger partial charge in [-0.25, -0.2) is 0 Å². The zero-order valence-electron chi connectivity index (χ0n) is 13.2. The maximum Gasteiger partial charge on any atom is 0.256 e. The molecular weight excluding hydrogens is 288 g/mol. The van der Waals surface area contributed by atoms with Gasteiger partial charge in [-0.15, -0.1) is 0 Å². The Labute approximate surface area is 134 Å². The van der Waals surface area contributed by atoms with Crippen LogP contribution in [-0.4, -0.2) is 17.4 Å². The van der Waals surface area contributed by atoms with Gasteiger partial charge in [0, 0.05) is 29.9 Å². The third-order valence-electron chi connectivity index (χ3n) is 5.44. The van der Waals surface area contributed by atoms with Crippen LogP contribution in [0.4, 0.5) is 0 Å². The number of aryl methyl sites for hydroxylation is 2. The average molecular weight is 308 g/mol. The molecule has 0 radical (unpaired) electrons. The van der Waals surface area contributed by atoms with E-state index in [1.54, 1.807) is 6.92 Å². The van der Waals surface area contributed by atoms with Crippen LogP contribution in [0, 0.1) is 12.8 Å². The van der Waals surface area contributed by atoms with Crippen LogP contribution in [0.15, 0.2) is 41.3 Å². The molecule has 4 rings (SSSR count). The van der Waals surface area contributed by atoms with Crippen molar-refractivity contribution in [2.75, 3.05) is 6.54 Å². The Balaban J connectivity index is 1.44. The van der Waals surface area contributed by atoms with Gasteiger partial charge in [-0.3, -0.25) is 9.59 Å². The Morgan fingerprint density at radius 2 is 2.22 bits per heavy atom. The molecule has 4 nitrogen and oxygen atoms in total. The normalized spacial score (nSPS) is 24.5. The highest BCUT2D eigenvalue weighted by molar-refractivity contribution is 5.93. The van der Waals surface area contributed by atoms with Crippen molar-refractivity contribution in [1.29, 1.82) is 0 Å². The first kappa shape index (κ1) is 14.2. The van der Waals surface area contributed by atoms with Crippen LogP contribution in [-0.2, 0) is 11.8 Å². The molecule has 0 bridgehead atoms. The van der Waals surface area contributed by atoms with Gasteiger partial charge in [0.1, 0.15) is 5.56 Å². The van der Waals surface area contributed by atoms with Crippen LogP contribution in [0.3, 0.4) is 0 Å². The Hall–Kier alpha value is -2.36. The number of hydrogen-bond acceptors (Lipinski definition) is 2. The molecule has 2 aliphatic carbocycles. The number of rotatable bonds is 3. The van der Waals surface area contributed by atoms with Crippen LogP contribution in [0.5, 0.6) is 0 Å². The molecule has 1 saturated carbocycles. The number of aromatic nitrogens is 1. The molecule has 1 spiro atoms. The van der Waals surface area contributed by atoms with Crippen LogP contribution >= 0.6 is 0 Å². The highest BCUT2D eigenvalue weighted by Gasteiger charge is 2.57. The van der Waals surface area contributed by atoms with E-state index in [1.165, 1.54) is 29.8 Å². The van der Waals surface area contributed by atoms with Crippen molar-refractivity contribution in [3.63, 3.8) is 0 Å². The lowest BCUT2D eigenvalue weighted by atomic mass is 9.95. The van der Waals surface area contributed by atoms with Crippen molar-refractivity contribution in [2.45, 2.75) is 31.6 Å². The molecule has 1 aromatic heterocycles. The summed E-state index contributed by atoms with van der Waals surface area (Å²) in [6, 6.07) is 10.1. The highest BCUT2D eigenvalue weighted by Crippen LogP contribution is 2.61. The molecule has 1 fully saturated rings. The van der Waals surface area contributed by atoms with E-state index in [0.717, 1.165) is 18.5 Å². The number of nitrogens with one attached hydrogen (secondary N) is 2. The molecule has 1 amide bonds. The smallest absolute Gasteiger partial charge is 0.256 e. The van der Waals surface area contributed by atoms with Crippen molar-refractivity contribution in [3.05, 3.63) is 69.1 Å². The minimum Gasteiger partial charge on any atom is -0.364 e. The standard InChI is InChI=1S/C19H20N2O2/c1-12-8-17(22)15(11-20-12)18(23)21-10-14-9-19(14)7-6-13-4-2-3-5-16(13)19/h2-5,8,11,14H,6-7,9-10H2,1H3,(H,20,22)(H,21,23)/t14-,19+/m1/s1. The van der Waals surface area contributed by atoms with Gasteiger partial charge >= 0.3 is 0 Å². The molecule has 0 saturated heterocycles. The molecule has 0 aliphatic heterocycles. The summed E-state index contributed by atoms with van der Waals surface area (Å²) in [6.07, 6.45) is 4.95. The van der Waals surface area contributed by atoms with E-state index in [-0.39, 0.29) is 22.3 Å². The van der Waals surface area contributed by atoms with Crippen LogP contribution < -0.4 is 10.7 Å². The summed E-state index contributed by atoms with van der Waals surface area (Å²) < 4.78 is 0. The molecular formula is C19H20N2O2. The minimum atomic E-state index is -0.278. The van der Waals surface area contributed by atoms with Gasteiger partial charge in [-0.1, -0.05) is 24.3 Å². The van der Waals surface area contributed by atoms with Crippen molar-refractivity contribution >= 4 is 5.91 Å². The maximum absolute atomic E-state index is 12.2. The van der Waals surface area contributed by atoms with E-state index in [1.807, 2.05) is 0 Å². The average Bonchev–Trinajstić information content (AvgIpc) is 3.12. The molecule has 2 N–H and O–H groups in total. The Morgan fingerprint density at radius 3 is 3.04 bits per heavy atom. The van der Waals surface area contributed by atoms with Crippen molar-refractivity contribution in [3.8, 4) is 0 Å². The Morgan fingerprint density at radius 1 is 1.39 bits per heavy atom. The van der Waals surface area contributed by atoms with Crippen molar-refractivity contribution < 1.29 is 4.79 Å². The van der Waals surface area contributed by atoms with Crippen LogP contribution in [0.2, 0.25) is 0 Å². The lowest BCUT2D eigenvalue weighted by Gasteiger charge is -2.12. The predicted octanol–water partition coefficient (Wildman–Crippen LogP) is 2.32. The predicted molar refractivity (Wildman–Crippen MR) is 88.7 cm³/mol. The quantitative estimate of drug-likeness (QED) is 0.914. The molecule has 1 aromatic carbocycles. The molecule has 2 aliphatic rings. The van der Waals surface area contributed by atoms with Gasteiger partial charge < -0.3 is 10.3 Å². The Kier molecular flexibility index (Phi) is 3.15. The number of amides is 1. The first-order valence-corrected chi connectivity index (χ1v) is 8.16. The topological polar surface area (TPSA) is 62.0 Å². The van der Waals surface area contributed by atoms with E-state index in [9.17, 15) is 9.59 Å². The summed E-state index contributed by atoms with van der Waals surface area (Å²) in [5, 5.41) is 2.94. The number of carbonyl (C=O) groups excluding carboxylic acids is 1. The first-order chi connectivity index (χ1) is 11.1.